The van der Waals surface area contributed by atoms with E-state index in [1.165, 1.54) is 58.4 Å². The molecule has 0 bridgehead atoms. The summed E-state index contributed by atoms with van der Waals surface area (Å²) in [5, 5.41) is 11.5. The second-order valence-electron chi connectivity index (χ2n) is 7.31. The Morgan fingerprint density at radius 3 is 2.56 bits per heavy atom. The summed E-state index contributed by atoms with van der Waals surface area (Å²) >= 11 is 0. The van der Waals surface area contributed by atoms with E-state index in [4.69, 9.17) is 4.74 Å². The lowest BCUT2D eigenvalue weighted by atomic mass is 10.1. The summed E-state index contributed by atoms with van der Waals surface area (Å²) < 4.78 is 20.9. The van der Waals surface area contributed by atoms with Crippen LogP contribution in [0.5, 0.6) is 0 Å². The van der Waals surface area contributed by atoms with Gasteiger partial charge in [0, 0.05) is 44.4 Å². The van der Waals surface area contributed by atoms with Gasteiger partial charge in [-0.1, -0.05) is 12.1 Å². The number of piperidine rings is 1. The third-order valence-electron chi connectivity index (χ3n) is 5.30. The normalized spacial score (nSPS) is 14.2. The molecule has 9 nitrogen and oxygen atoms in total. The first-order valence-corrected chi connectivity index (χ1v) is 9.95. The van der Waals surface area contributed by atoms with Crippen LogP contribution in [0.2, 0.25) is 0 Å². The van der Waals surface area contributed by atoms with Crippen LogP contribution in [0.4, 0.5) is 10.1 Å². The number of hydrogen-bond acceptors (Lipinski definition) is 6. The molecule has 164 valence electrons. The van der Waals surface area contributed by atoms with Crippen molar-refractivity contribution in [2.45, 2.75) is 18.9 Å². The van der Waals surface area contributed by atoms with E-state index in [0.717, 1.165) is 0 Å². The average molecular weight is 438 g/mol. The number of nitrogens with zero attached hydrogens (tertiary/aromatic N) is 4. The Hall–Kier alpha value is -4.08. The molecular formula is C22H19FN4O5. The molecule has 1 fully saturated rings. The van der Waals surface area contributed by atoms with Gasteiger partial charge in [-0.25, -0.2) is 14.2 Å². The minimum Gasteiger partial charge on any atom is -0.459 e. The summed E-state index contributed by atoms with van der Waals surface area (Å²) in [6, 6.07) is 9.89. The number of nitro benzene ring substituents is 1. The van der Waals surface area contributed by atoms with Crippen LogP contribution in [0.3, 0.4) is 0 Å². The van der Waals surface area contributed by atoms with Crippen molar-refractivity contribution in [3.63, 3.8) is 0 Å². The maximum Gasteiger partial charge on any atom is 0.338 e. The summed E-state index contributed by atoms with van der Waals surface area (Å²) in [6.07, 6.45) is 4.82. The van der Waals surface area contributed by atoms with Gasteiger partial charge < -0.3 is 14.2 Å². The number of likely N-dealkylation sites (tertiary alicyclic amines) is 1. The van der Waals surface area contributed by atoms with Crippen LogP contribution in [0.15, 0.2) is 61.2 Å². The molecular weight excluding hydrogens is 419 g/mol. The molecule has 0 radical (unpaired) electrons. The summed E-state index contributed by atoms with van der Waals surface area (Å²) in [4.78, 5) is 41.4. The van der Waals surface area contributed by atoms with E-state index < -0.39 is 28.7 Å². The van der Waals surface area contributed by atoms with Crippen molar-refractivity contribution in [3.05, 3.63) is 88.2 Å². The number of amides is 1. The molecule has 32 heavy (non-hydrogen) atoms. The lowest BCUT2D eigenvalue weighted by molar-refractivity contribution is -0.384. The minimum absolute atomic E-state index is 0.00763. The molecule has 0 aliphatic carbocycles. The smallest absolute Gasteiger partial charge is 0.338 e. The van der Waals surface area contributed by atoms with E-state index in [0.29, 0.717) is 25.9 Å². The Morgan fingerprint density at radius 2 is 1.91 bits per heavy atom. The summed E-state index contributed by atoms with van der Waals surface area (Å²) in [5.74, 6) is -1.66. The number of aromatic nitrogens is 2. The maximum atomic E-state index is 13.9. The van der Waals surface area contributed by atoms with Gasteiger partial charge in [-0.05, 0) is 24.3 Å². The van der Waals surface area contributed by atoms with Crippen LogP contribution in [-0.4, -0.2) is 50.4 Å². The zero-order valence-corrected chi connectivity index (χ0v) is 16.9. The van der Waals surface area contributed by atoms with E-state index in [-0.39, 0.29) is 22.5 Å². The van der Waals surface area contributed by atoms with E-state index in [1.807, 2.05) is 0 Å². The number of benzene rings is 2. The van der Waals surface area contributed by atoms with Crippen molar-refractivity contribution in [2.75, 3.05) is 13.1 Å². The number of halogens is 1. The van der Waals surface area contributed by atoms with E-state index in [2.05, 4.69) is 4.98 Å². The highest BCUT2D eigenvalue weighted by Crippen LogP contribution is 2.25. The third-order valence-corrected chi connectivity index (χ3v) is 5.30. The molecule has 4 rings (SSSR count). The first-order valence-electron chi connectivity index (χ1n) is 9.95. The number of carbonyl (C=O) groups is 2. The molecule has 0 atom stereocenters. The molecule has 0 unspecified atom stereocenters. The fraction of sp³-hybridized carbons (Fsp3) is 0.227. The average Bonchev–Trinajstić information content (AvgIpc) is 3.34. The second kappa shape index (κ2) is 8.96. The lowest BCUT2D eigenvalue weighted by Gasteiger charge is -2.31. The topological polar surface area (TPSA) is 108 Å². The van der Waals surface area contributed by atoms with Gasteiger partial charge in [0.1, 0.15) is 17.6 Å². The number of esters is 1. The number of hydrogen-bond donors (Lipinski definition) is 0. The van der Waals surface area contributed by atoms with Crippen molar-refractivity contribution < 1.29 is 23.6 Å². The quantitative estimate of drug-likeness (QED) is 0.343. The summed E-state index contributed by atoms with van der Waals surface area (Å²) in [7, 11) is 0. The summed E-state index contributed by atoms with van der Waals surface area (Å²) in [5.41, 5.74) is 0.102. The van der Waals surface area contributed by atoms with Gasteiger partial charge in [0.15, 0.2) is 0 Å². The molecule has 10 heteroatoms. The van der Waals surface area contributed by atoms with Crippen LogP contribution in [0.1, 0.15) is 33.6 Å². The number of ether oxygens (including phenoxy) is 1. The number of nitro groups is 1. The van der Waals surface area contributed by atoms with Crippen molar-refractivity contribution in [1.82, 2.24) is 14.5 Å². The first kappa shape index (κ1) is 21.2. The molecule has 0 spiro atoms. The molecule has 2 aromatic carbocycles. The first-order chi connectivity index (χ1) is 15.4. The molecule has 3 aromatic rings. The minimum atomic E-state index is -0.677. The van der Waals surface area contributed by atoms with Gasteiger partial charge in [-0.15, -0.1) is 0 Å². The lowest BCUT2D eigenvalue weighted by Crippen LogP contribution is -2.41. The zero-order valence-electron chi connectivity index (χ0n) is 16.9. The van der Waals surface area contributed by atoms with Crippen molar-refractivity contribution in [3.8, 4) is 5.69 Å². The van der Waals surface area contributed by atoms with Crippen LogP contribution in [-0.2, 0) is 4.74 Å². The van der Waals surface area contributed by atoms with Crippen LogP contribution in [0, 0.1) is 15.9 Å². The van der Waals surface area contributed by atoms with E-state index >= 15 is 0 Å². The van der Waals surface area contributed by atoms with Crippen molar-refractivity contribution in [2.24, 2.45) is 0 Å². The van der Waals surface area contributed by atoms with E-state index in [1.54, 1.807) is 12.3 Å². The summed E-state index contributed by atoms with van der Waals surface area (Å²) in [6.45, 7) is 0.621. The number of imidazole rings is 1. The van der Waals surface area contributed by atoms with Gasteiger partial charge in [-0.3, -0.25) is 14.9 Å². The molecule has 1 amide bonds. The molecule has 1 aliphatic rings. The monoisotopic (exact) mass is 438 g/mol. The zero-order chi connectivity index (χ0) is 22.7. The predicted octanol–water partition coefficient (Wildman–Crippen LogP) is 3.38. The van der Waals surface area contributed by atoms with Gasteiger partial charge >= 0.3 is 5.97 Å². The molecule has 2 heterocycles. The largest absolute Gasteiger partial charge is 0.459 e. The highest BCUT2D eigenvalue weighted by Gasteiger charge is 2.28. The van der Waals surface area contributed by atoms with Crippen LogP contribution < -0.4 is 0 Å². The second-order valence-corrected chi connectivity index (χ2v) is 7.31. The molecule has 1 saturated heterocycles. The maximum absolute atomic E-state index is 13.9. The van der Waals surface area contributed by atoms with Crippen molar-refractivity contribution in [1.29, 1.82) is 0 Å². The van der Waals surface area contributed by atoms with Crippen LogP contribution in [0.25, 0.3) is 5.69 Å². The van der Waals surface area contributed by atoms with Gasteiger partial charge in [0.05, 0.1) is 22.4 Å². The molecule has 1 aromatic heterocycles. The van der Waals surface area contributed by atoms with Gasteiger partial charge in [0.25, 0.3) is 11.6 Å². The van der Waals surface area contributed by atoms with Gasteiger partial charge in [-0.2, -0.15) is 0 Å². The van der Waals surface area contributed by atoms with Gasteiger partial charge in [0.2, 0.25) is 0 Å². The third kappa shape index (κ3) is 4.34. The molecule has 0 saturated carbocycles. The fourth-order valence-electron chi connectivity index (χ4n) is 3.62. The molecule has 1 aliphatic heterocycles. The SMILES string of the molecule is O=C(OC1CCN(C(=O)c2ccccc2F)CC1)c1ccc(-n2ccnc2)c([N+](=O)[O-])c1. The highest BCUT2D eigenvalue weighted by atomic mass is 19.1. The standard InChI is InChI=1S/C22H19FN4O5/c23-18-4-2-1-3-17(18)21(28)25-10-7-16(8-11-25)32-22(29)15-5-6-19(20(13-15)27(30)31)26-12-9-24-14-26/h1-6,9,12-14,16H,7-8,10-11H2. The predicted molar refractivity (Wildman–Crippen MR) is 111 cm³/mol. The Morgan fingerprint density at radius 1 is 1.16 bits per heavy atom. The fourth-order valence-corrected chi connectivity index (χ4v) is 3.62. The Labute approximate surface area is 182 Å². The van der Waals surface area contributed by atoms with Crippen LogP contribution >= 0.6 is 0 Å². The Bertz CT molecular complexity index is 1160. The number of carbonyl (C=O) groups excluding carboxylic acids is 2. The molecule has 0 N–H and O–H groups in total. The Balaban J connectivity index is 1.40. The van der Waals surface area contributed by atoms with E-state index in [9.17, 15) is 24.1 Å². The number of rotatable bonds is 5. The highest BCUT2D eigenvalue weighted by molar-refractivity contribution is 5.94. The van der Waals surface area contributed by atoms with Crippen molar-refractivity contribution >= 4 is 17.6 Å². The Kier molecular flexibility index (Phi) is 5.93.